The third kappa shape index (κ3) is 5.95. The van der Waals surface area contributed by atoms with E-state index < -0.39 is 0 Å². The Bertz CT molecular complexity index is 1020. The lowest BCUT2D eigenvalue weighted by Crippen LogP contribution is -3.09. The first-order chi connectivity index (χ1) is 15.5. The Hall–Kier alpha value is -3.17. The number of nitrogens with zero attached hydrogens (tertiary/aromatic N) is 3. The van der Waals surface area contributed by atoms with Crippen LogP contribution >= 0.6 is 0 Å². The quantitative estimate of drug-likeness (QED) is 0.251. The molecule has 32 heavy (non-hydrogen) atoms. The van der Waals surface area contributed by atoms with Crippen LogP contribution in [0, 0.1) is 5.41 Å². The predicted octanol–water partition coefficient (Wildman–Crippen LogP) is 1.29. The number of anilines is 1. The normalized spacial score (nSPS) is 16.2. The van der Waals surface area contributed by atoms with E-state index in [4.69, 9.17) is 26.0 Å². The first-order valence-electron chi connectivity index (χ1n) is 11.2. The first kappa shape index (κ1) is 23.5. The molecule has 9 heteroatoms. The van der Waals surface area contributed by atoms with Gasteiger partial charge in [0.15, 0.2) is 5.82 Å². The summed E-state index contributed by atoms with van der Waals surface area (Å²) in [6, 6.07) is 5.80. The van der Waals surface area contributed by atoms with Crippen LogP contribution in [0.25, 0.3) is 5.52 Å². The molecular weight excluding hydrogens is 406 g/mol. The maximum atomic E-state index is 9.04. The van der Waals surface area contributed by atoms with Crippen molar-refractivity contribution in [3.05, 3.63) is 48.0 Å². The molecule has 0 aromatic carbocycles. The van der Waals surface area contributed by atoms with Gasteiger partial charge in [-0.1, -0.05) is 19.4 Å². The largest absolute Gasteiger partial charge is 0.489 e. The van der Waals surface area contributed by atoms with E-state index in [0.29, 0.717) is 28.7 Å². The fourth-order valence-electron chi connectivity index (χ4n) is 3.49. The maximum Gasteiger partial charge on any atom is 0.175 e. The molecule has 3 rings (SSSR count). The van der Waals surface area contributed by atoms with Crippen LogP contribution in [-0.2, 0) is 4.74 Å². The third-order valence-corrected chi connectivity index (χ3v) is 5.27. The number of pyridine rings is 1. The number of fused-ring (bicyclic) bond motifs is 1. The first-order valence-corrected chi connectivity index (χ1v) is 11.2. The summed E-state index contributed by atoms with van der Waals surface area (Å²) in [6.45, 7) is 5.12. The Balaban J connectivity index is 1.82. The van der Waals surface area contributed by atoms with E-state index in [1.807, 2.05) is 24.4 Å². The van der Waals surface area contributed by atoms with Crippen LogP contribution in [0.3, 0.4) is 0 Å². The second-order valence-electron chi connectivity index (χ2n) is 7.91. The number of rotatable bonds is 12. The molecule has 172 valence electrons. The van der Waals surface area contributed by atoms with Gasteiger partial charge in [0.1, 0.15) is 18.1 Å². The van der Waals surface area contributed by atoms with Crippen molar-refractivity contribution < 1.29 is 14.7 Å². The summed E-state index contributed by atoms with van der Waals surface area (Å²) in [4.78, 5) is 6.24. The minimum atomic E-state index is -0.120. The van der Waals surface area contributed by atoms with Crippen LogP contribution in [0.1, 0.15) is 26.2 Å². The minimum absolute atomic E-state index is 0.120. The summed E-state index contributed by atoms with van der Waals surface area (Å²) in [5.74, 6) is 1.07. The van der Waals surface area contributed by atoms with Gasteiger partial charge in [-0.15, -0.1) is 5.10 Å². The number of aliphatic hydroxyl groups excluding tert-OH is 1. The number of aromatic nitrogens is 2. The van der Waals surface area contributed by atoms with Crippen LogP contribution in [0.5, 0.6) is 0 Å². The summed E-state index contributed by atoms with van der Waals surface area (Å²) in [5.41, 5.74) is 8.43. The van der Waals surface area contributed by atoms with Crippen molar-refractivity contribution in [2.24, 2.45) is 10.7 Å². The lowest BCUT2D eigenvalue weighted by atomic mass is 10.1. The van der Waals surface area contributed by atoms with Gasteiger partial charge in [-0.2, -0.15) is 0 Å². The Morgan fingerprint density at radius 3 is 2.91 bits per heavy atom. The molecule has 0 radical (unpaired) electrons. The molecule has 0 fully saturated rings. The molecule has 0 spiro atoms. The summed E-state index contributed by atoms with van der Waals surface area (Å²) in [6.07, 6.45) is 8.76. The third-order valence-electron chi connectivity index (χ3n) is 5.27. The number of hydrogen-bond acceptors (Lipinski definition) is 7. The maximum absolute atomic E-state index is 9.04. The highest BCUT2D eigenvalue weighted by Gasteiger charge is 2.19. The van der Waals surface area contributed by atoms with E-state index in [2.05, 4.69) is 24.4 Å². The van der Waals surface area contributed by atoms with E-state index >= 15 is 0 Å². The van der Waals surface area contributed by atoms with Crippen LogP contribution < -0.4 is 16.0 Å². The van der Waals surface area contributed by atoms with Crippen LogP contribution in [0.15, 0.2) is 53.0 Å². The summed E-state index contributed by atoms with van der Waals surface area (Å²) in [5, 5.41) is 25.4. The second-order valence-corrected chi connectivity index (χ2v) is 7.91. The minimum Gasteiger partial charge on any atom is -0.489 e. The topological polar surface area (TPSA) is 125 Å². The number of quaternary nitrogens is 1. The molecule has 1 atom stereocenters. The molecule has 0 aliphatic heterocycles. The molecule has 1 unspecified atom stereocenters. The molecule has 0 amide bonds. The van der Waals surface area contributed by atoms with Crippen LogP contribution in [0.2, 0.25) is 0 Å². The summed E-state index contributed by atoms with van der Waals surface area (Å²) in [7, 11) is 2.21. The van der Waals surface area contributed by atoms with Crippen molar-refractivity contribution >= 4 is 28.4 Å². The zero-order valence-electron chi connectivity index (χ0n) is 18.9. The zero-order chi connectivity index (χ0) is 22.9. The standard InChI is InChI=1S/C23H33N7O2/c1-3-4-6-10-29(2)12-9-26-23-22(20-8-5-7-11-30(20)28-23)27-19-16-21(32-14-13-31)18(25)15-17(19)24/h5,7-8,11,15-16,24,31H,3-4,6,9-10,12-14,25H2,1-2H3,(H,26,28)/p+1. The monoisotopic (exact) mass is 440 g/mol. The number of ether oxygens (including phenoxy) is 1. The molecular formula is C23H34N7O2+. The Labute approximate surface area is 188 Å². The molecule has 1 aliphatic carbocycles. The van der Waals surface area contributed by atoms with Gasteiger partial charge in [-0.05, 0) is 31.1 Å². The van der Waals surface area contributed by atoms with Crippen LogP contribution in [-0.4, -0.2) is 66.0 Å². The van der Waals surface area contributed by atoms with Gasteiger partial charge < -0.3 is 25.8 Å². The van der Waals surface area contributed by atoms with E-state index in [-0.39, 0.29) is 18.9 Å². The highest BCUT2D eigenvalue weighted by Crippen LogP contribution is 2.30. The van der Waals surface area contributed by atoms with E-state index in [0.717, 1.165) is 25.2 Å². The molecule has 2 aromatic heterocycles. The predicted molar refractivity (Wildman–Crippen MR) is 128 cm³/mol. The number of hydrogen-bond donors (Lipinski definition) is 5. The van der Waals surface area contributed by atoms with E-state index in [1.165, 1.54) is 30.2 Å². The number of allylic oxidation sites excluding steroid dienone is 2. The van der Waals surface area contributed by atoms with Crippen molar-refractivity contribution in [1.82, 2.24) is 9.61 Å². The SMILES string of the molecule is CCCCC[NH+](C)CCNc1nn2ccccc2c1N=C1C=C(OCCO)C(N)=CC1=N. The van der Waals surface area contributed by atoms with Gasteiger partial charge in [0.05, 0.1) is 55.9 Å². The smallest absolute Gasteiger partial charge is 0.175 e. The van der Waals surface area contributed by atoms with Gasteiger partial charge in [-0.25, -0.2) is 9.51 Å². The van der Waals surface area contributed by atoms with Crippen molar-refractivity contribution in [3.8, 4) is 0 Å². The van der Waals surface area contributed by atoms with E-state index in [9.17, 15) is 0 Å². The lowest BCUT2D eigenvalue weighted by Gasteiger charge is -2.15. The van der Waals surface area contributed by atoms with Crippen molar-refractivity contribution in [2.75, 3.05) is 45.2 Å². The molecule has 0 saturated heterocycles. The van der Waals surface area contributed by atoms with Crippen molar-refractivity contribution in [1.29, 1.82) is 5.41 Å². The molecule has 9 nitrogen and oxygen atoms in total. The molecule has 1 aliphatic rings. The summed E-state index contributed by atoms with van der Waals surface area (Å²) < 4.78 is 7.27. The fraction of sp³-hybridized carbons (Fsp3) is 0.435. The van der Waals surface area contributed by atoms with Crippen molar-refractivity contribution in [3.63, 3.8) is 0 Å². The fourth-order valence-corrected chi connectivity index (χ4v) is 3.49. The Kier molecular flexibility index (Phi) is 8.41. The number of unbranched alkanes of at least 4 members (excludes halogenated alkanes) is 2. The van der Waals surface area contributed by atoms with Gasteiger partial charge in [0.2, 0.25) is 0 Å². The molecule has 0 saturated carbocycles. The Morgan fingerprint density at radius 1 is 1.28 bits per heavy atom. The highest BCUT2D eigenvalue weighted by atomic mass is 16.5. The molecule has 0 bridgehead atoms. The van der Waals surface area contributed by atoms with Gasteiger partial charge in [0, 0.05) is 12.3 Å². The van der Waals surface area contributed by atoms with E-state index in [1.54, 1.807) is 10.6 Å². The number of nitrogens with two attached hydrogens (primary N) is 1. The van der Waals surface area contributed by atoms with Gasteiger partial charge in [-0.3, -0.25) is 5.41 Å². The molecule has 2 heterocycles. The zero-order valence-corrected chi connectivity index (χ0v) is 18.9. The van der Waals surface area contributed by atoms with Gasteiger partial charge in [0.25, 0.3) is 0 Å². The molecule has 6 N–H and O–H groups in total. The average molecular weight is 441 g/mol. The second kappa shape index (κ2) is 11.4. The van der Waals surface area contributed by atoms with Crippen LogP contribution in [0.4, 0.5) is 11.5 Å². The number of likely N-dealkylation sites (N-methyl/N-ethyl adjacent to an activating group) is 1. The number of aliphatic hydroxyl groups is 1. The summed E-state index contributed by atoms with van der Waals surface area (Å²) >= 11 is 0. The average Bonchev–Trinajstić information content (AvgIpc) is 3.12. The van der Waals surface area contributed by atoms with Gasteiger partial charge >= 0.3 is 0 Å². The number of nitrogens with one attached hydrogen (secondary N) is 3. The lowest BCUT2D eigenvalue weighted by molar-refractivity contribution is -0.878. The van der Waals surface area contributed by atoms with Crippen molar-refractivity contribution in [2.45, 2.75) is 26.2 Å². The molecule has 2 aromatic rings. The number of aliphatic imine (C=N–C) groups is 1. The highest BCUT2D eigenvalue weighted by molar-refractivity contribution is 6.50. The Morgan fingerprint density at radius 2 is 2.12 bits per heavy atom.